The summed E-state index contributed by atoms with van der Waals surface area (Å²) in [4.78, 5) is 0. The first-order chi connectivity index (χ1) is 9.82. The Balaban J connectivity index is 2.32. The van der Waals surface area contributed by atoms with E-state index < -0.39 is 21.1 Å². The van der Waals surface area contributed by atoms with Gasteiger partial charge in [-0.2, -0.15) is 0 Å². The third kappa shape index (κ3) is 3.64. The average Bonchev–Trinajstić information content (AvgIpc) is 2.81. The van der Waals surface area contributed by atoms with Crippen LogP contribution in [0.1, 0.15) is 12.0 Å². The van der Waals surface area contributed by atoms with Crippen LogP contribution in [0.3, 0.4) is 0 Å². The van der Waals surface area contributed by atoms with E-state index in [2.05, 4.69) is 15.9 Å². The first-order valence-electron chi connectivity index (χ1n) is 6.68. The Bertz CT molecular complexity index is 613. The predicted molar refractivity (Wildman–Crippen MR) is 81.2 cm³/mol. The molecule has 0 spiro atoms. The molecule has 1 unspecified atom stereocenters. The number of halogens is 2. The third-order valence-electron chi connectivity index (χ3n) is 4.28. The second-order valence-electron chi connectivity index (χ2n) is 5.69. The van der Waals surface area contributed by atoms with Gasteiger partial charge in [0.2, 0.25) is 0 Å². The molecule has 0 aromatic heterocycles. The number of benzene rings is 1. The van der Waals surface area contributed by atoms with Crippen LogP contribution < -0.4 is 0 Å². The van der Waals surface area contributed by atoms with Crippen LogP contribution >= 0.6 is 15.9 Å². The minimum atomic E-state index is -3.13. The zero-order chi connectivity index (χ0) is 15.7. The Kier molecular flexibility index (Phi) is 5.07. The number of hydrogen-bond donors (Lipinski definition) is 2. The van der Waals surface area contributed by atoms with Gasteiger partial charge in [-0.15, -0.1) is 0 Å². The summed E-state index contributed by atoms with van der Waals surface area (Å²) in [7, 11) is -3.13. The van der Waals surface area contributed by atoms with Crippen molar-refractivity contribution in [3.63, 3.8) is 0 Å². The van der Waals surface area contributed by atoms with Gasteiger partial charge in [0, 0.05) is 9.89 Å². The maximum absolute atomic E-state index is 13.9. The molecule has 1 saturated heterocycles. The van der Waals surface area contributed by atoms with Crippen LogP contribution in [0.15, 0.2) is 22.7 Å². The highest BCUT2D eigenvalue weighted by Gasteiger charge is 2.44. The van der Waals surface area contributed by atoms with Crippen LogP contribution in [0.25, 0.3) is 0 Å². The lowest BCUT2D eigenvalue weighted by atomic mass is 9.72. The van der Waals surface area contributed by atoms with Crippen molar-refractivity contribution in [1.29, 1.82) is 0 Å². The summed E-state index contributed by atoms with van der Waals surface area (Å²) in [6, 6.07) is 4.47. The van der Waals surface area contributed by atoms with E-state index in [1.807, 2.05) is 0 Å². The Morgan fingerprint density at radius 1 is 1.33 bits per heavy atom. The van der Waals surface area contributed by atoms with Gasteiger partial charge in [0.15, 0.2) is 9.84 Å². The second-order valence-corrected chi connectivity index (χ2v) is 8.84. The molecule has 2 N–H and O–H groups in total. The van der Waals surface area contributed by atoms with Gasteiger partial charge in [-0.25, -0.2) is 12.8 Å². The van der Waals surface area contributed by atoms with Crippen molar-refractivity contribution in [2.75, 3.05) is 24.7 Å². The van der Waals surface area contributed by atoms with Gasteiger partial charge < -0.3 is 10.2 Å². The molecule has 1 fully saturated rings. The van der Waals surface area contributed by atoms with Crippen LogP contribution in [-0.2, 0) is 16.3 Å². The molecule has 4 nitrogen and oxygen atoms in total. The van der Waals surface area contributed by atoms with Gasteiger partial charge >= 0.3 is 0 Å². The molecular formula is C14H18BrFO4S. The topological polar surface area (TPSA) is 74.6 Å². The normalized spacial score (nSPS) is 21.6. The zero-order valence-electron chi connectivity index (χ0n) is 11.4. The van der Waals surface area contributed by atoms with E-state index in [1.54, 1.807) is 12.1 Å². The minimum Gasteiger partial charge on any atom is -0.396 e. The maximum atomic E-state index is 13.9. The minimum absolute atomic E-state index is 0.0559. The molecule has 0 aliphatic carbocycles. The van der Waals surface area contributed by atoms with Gasteiger partial charge in [0.1, 0.15) is 5.82 Å². The quantitative estimate of drug-likeness (QED) is 0.812. The molecule has 1 atom stereocenters. The second kappa shape index (κ2) is 6.32. The SMILES string of the molecule is O=S1(=O)CCC(C(CO)(CO)Cc2cc(Br)ccc2F)C1. The molecule has 0 saturated carbocycles. The fourth-order valence-corrected chi connectivity index (χ4v) is 5.25. The smallest absolute Gasteiger partial charge is 0.150 e. The summed E-state index contributed by atoms with van der Waals surface area (Å²) in [6.07, 6.45) is 0.491. The first-order valence-corrected chi connectivity index (χ1v) is 9.29. The fraction of sp³-hybridized carbons (Fsp3) is 0.571. The van der Waals surface area contributed by atoms with Crippen molar-refractivity contribution in [2.24, 2.45) is 11.3 Å². The van der Waals surface area contributed by atoms with Crippen LogP contribution in [0, 0.1) is 17.2 Å². The summed E-state index contributed by atoms with van der Waals surface area (Å²) in [5.41, 5.74) is -0.664. The average molecular weight is 381 g/mol. The van der Waals surface area contributed by atoms with Crippen molar-refractivity contribution in [3.05, 3.63) is 34.1 Å². The van der Waals surface area contributed by atoms with Crippen molar-refractivity contribution < 1.29 is 23.0 Å². The number of aliphatic hydroxyl groups is 2. The van der Waals surface area contributed by atoms with E-state index in [0.29, 0.717) is 16.5 Å². The molecule has 0 amide bonds. The number of rotatable bonds is 5. The highest BCUT2D eigenvalue weighted by atomic mass is 79.9. The van der Waals surface area contributed by atoms with E-state index in [0.717, 1.165) is 0 Å². The Morgan fingerprint density at radius 2 is 2.00 bits per heavy atom. The summed E-state index contributed by atoms with van der Waals surface area (Å²) >= 11 is 3.26. The Morgan fingerprint density at radius 3 is 2.52 bits per heavy atom. The molecule has 7 heteroatoms. The molecular weight excluding hydrogens is 363 g/mol. The fourth-order valence-electron chi connectivity index (χ4n) is 2.90. The lowest BCUT2D eigenvalue weighted by molar-refractivity contribution is 0.0118. The lowest BCUT2D eigenvalue weighted by Gasteiger charge is -2.35. The number of hydrogen-bond acceptors (Lipinski definition) is 4. The van der Waals surface area contributed by atoms with Gasteiger partial charge in [-0.05, 0) is 42.5 Å². The van der Waals surface area contributed by atoms with E-state index >= 15 is 0 Å². The molecule has 1 aromatic rings. The third-order valence-corrected chi connectivity index (χ3v) is 6.54. The highest BCUT2D eigenvalue weighted by Crippen LogP contribution is 2.39. The molecule has 21 heavy (non-hydrogen) atoms. The van der Waals surface area contributed by atoms with Crippen LogP contribution in [0.4, 0.5) is 4.39 Å². The molecule has 0 radical (unpaired) electrons. The molecule has 1 aromatic carbocycles. The monoisotopic (exact) mass is 380 g/mol. The standard InChI is InChI=1S/C14H18BrFO4S/c15-12-1-2-13(16)10(5-12)6-14(8-17,9-18)11-3-4-21(19,20)7-11/h1-2,5,11,17-18H,3-4,6-9H2. The largest absolute Gasteiger partial charge is 0.396 e. The molecule has 2 rings (SSSR count). The van der Waals surface area contributed by atoms with E-state index in [1.165, 1.54) is 6.07 Å². The van der Waals surface area contributed by atoms with E-state index in [9.17, 15) is 23.0 Å². The van der Waals surface area contributed by atoms with Crippen LogP contribution in [-0.4, -0.2) is 43.4 Å². The predicted octanol–water partition coefficient (Wildman–Crippen LogP) is 1.54. The molecule has 0 bridgehead atoms. The van der Waals surface area contributed by atoms with Gasteiger partial charge in [0.05, 0.1) is 24.7 Å². The highest BCUT2D eigenvalue weighted by molar-refractivity contribution is 9.10. The van der Waals surface area contributed by atoms with Crippen molar-refractivity contribution in [2.45, 2.75) is 12.8 Å². The molecule has 118 valence electrons. The summed E-state index contributed by atoms with van der Waals surface area (Å²) < 4.78 is 37.9. The molecule has 1 aliphatic rings. The Labute approximate surface area is 132 Å². The maximum Gasteiger partial charge on any atom is 0.150 e. The van der Waals surface area contributed by atoms with Gasteiger partial charge in [-0.3, -0.25) is 0 Å². The molecule has 1 heterocycles. The van der Waals surface area contributed by atoms with Gasteiger partial charge in [-0.1, -0.05) is 15.9 Å². The summed E-state index contributed by atoms with van der Waals surface area (Å²) in [5, 5.41) is 19.5. The number of sulfone groups is 1. The zero-order valence-corrected chi connectivity index (χ0v) is 13.8. The van der Waals surface area contributed by atoms with Crippen LogP contribution in [0.5, 0.6) is 0 Å². The lowest BCUT2D eigenvalue weighted by Crippen LogP contribution is -2.41. The van der Waals surface area contributed by atoms with Crippen molar-refractivity contribution in [1.82, 2.24) is 0 Å². The summed E-state index contributed by atoms with van der Waals surface area (Å²) in [5.74, 6) is -0.800. The van der Waals surface area contributed by atoms with E-state index in [-0.39, 0.29) is 37.1 Å². The van der Waals surface area contributed by atoms with E-state index in [4.69, 9.17) is 0 Å². The van der Waals surface area contributed by atoms with Crippen LogP contribution in [0.2, 0.25) is 0 Å². The Hall–Kier alpha value is -0.500. The van der Waals surface area contributed by atoms with Crippen molar-refractivity contribution >= 4 is 25.8 Å². The van der Waals surface area contributed by atoms with Crippen molar-refractivity contribution in [3.8, 4) is 0 Å². The molecule has 1 aliphatic heterocycles. The number of aliphatic hydroxyl groups excluding tert-OH is 2. The summed E-state index contributed by atoms with van der Waals surface area (Å²) in [6.45, 7) is -0.759. The van der Waals surface area contributed by atoms with Gasteiger partial charge in [0.25, 0.3) is 0 Å². The first kappa shape index (κ1) is 16.9.